The Morgan fingerprint density at radius 1 is 1.53 bits per heavy atom. The molecule has 1 heterocycles. The van der Waals surface area contributed by atoms with E-state index in [2.05, 4.69) is 14.7 Å². The maximum absolute atomic E-state index is 11.1. The van der Waals surface area contributed by atoms with Gasteiger partial charge in [-0.1, -0.05) is 12.5 Å². The second-order valence-electron chi connectivity index (χ2n) is 3.57. The number of hydrogen-bond donors (Lipinski definition) is 2. The SMILES string of the molecule is CCN(CCC(=O)ONN)Cc1ccncc1. The summed E-state index contributed by atoms with van der Waals surface area (Å²) in [7, 11) is 0. The summed E-state index contributed by atoms with van der Waals surface area (Å²) in [6.07, 6.45) is 3.83. The van der Waals surface area contributed by atoms with E-state index in [-0.39, 0.29) is 5.97 Å². The third-order valence-electron chi connectivity index (χ3n) is 2.41. The highest BCUT2D eigenvalue weighted by Gasteiger charge is 2.08. The van der Waals surface area contributed by atoms with Crippen LogP contribution in [0.15, 0.2) is 24.5 Å². The van der Waals surface area contributed by atoms with Crippen molar-refractivity contribution in [3.05, 3.63) is 30.1 Å². The fraction of sp³-hybridized carbons (Fsp3) is 0.455. The van der Waals surface area contributed by atoms with Crippen molar-refractivity contribution in [3.8, 4) is 0 Å². The van der Waals surface area contributed by atoms with E-state index in [0.717, 1.165) is 13.1 Å². The molecule has 1 aromatic rings. The van der Waals surface area contributed by atoms with Crippen LogP contribution < -0.4 is 11.4 Å². The molecule has 94 valence electrons. The highest BCUT2D eigenvalue weighted by Crippen LogP contribution is 2.03. The lowest BCUT2D eigenvalue weighted by molar-refractivity contribution is -0.151. The van der Waals surface area contributed by atoms with Gasteiger partial charge in [0, 0.05) is 25.5 Å². The van der Waals surface area contributed by atoms with Crippen molar-refractivity contribution in [1.29, 1.82) is 0 Å². The Hall–Kier alpha value is -1.50. The zero-order chi connectivity index (χ0) is 12.5. The topological polar surface area (TPSA) is 80.5 Å². The fourth-order valence-electron chi connectivity index (χ4n) is 1.46. The first-order chi connectivity index (χ1) is 8.26. The molecule has 0 bridgehead atoms. The summed E-state index contributed by atoms with van der Waals surface area (Å²) in [6, 6.07) is 3.92. The first-order valence-electron chi connectivity index (χ1n) is 5.52. The number of hydrazine groups is 1. The lowest BCUT2D eigenvalue weighted by atomic mass is 10.2. The van der Waals surface area contributed by atoms with Crippen LogP contribution in [0, 0.1) is 0 Å². The van der Waals surface area contributed by atoms with Crippen molar-refractivity contribution in [2.75, 3.05) is 13.1 Å². The number of nitrogens with two attached hydrogens (primary N) is 1. The summed E-state index contributed by atoms with van der Waals surface area (Å²) < 4.78 is 0. The fourth-order valence-corrected chi connectivity index (χ4v) is 1.46. The average Bonchev–Trinajstić information content (AvgIpc) is 2.36. The van der Waals surface area contributed by atoms with Crippen LogP contribution in [0.5, 0.6) is 0 Å². The quantitative estimate of drug-likeness (QED) is 0.522. The monoisotopic (exact) mass is 238 g/mol. The smallest absolute Gasteiger partial charge is 0.327 e. The molecule has 6 heteroatoms. The third-order valence-corrected chi connectivity index (χ3v) is 2.41. The second kappa shape index (κ2) is 7.72. The van der Waals surface area contributed by atoms with E-state index in [4.69, 9.17) is 5.84 Å². The number of rotatable bonds is 7. The molecule has 0 saturated carbocycles. The van der Waals surface area contributed by atoms with Crippen LogP contribution in [-0.2, 0) is 16.2 Å². The summed E-state index contributed by atoms with van der Waals surface area (Å²) in [5.41, 5.74) is 3.06. The van der Waals surface area contributed by atoms with Gasteiger partial charge in [-0.25, -0.2) is 5.84 Å². The van der Waals surface area contributed by atoms with Gasteiger partial charge < -0.3 is 4.84 Å². The zero-order valence-electron chi connectivity index (χ0n) is 9.93. The number of carbonyl (C=O) groups excluding carboxylic acids is 1. The maximum atomic E-state index is 11.1. The molecule has 3 N–H and O–H groups in total. The van der Waals surface area contributed by atoms with Gasteiger partial charge in [0.2, 0.25) is 0 Å². The molecule has 0 saturated heterocycles. The summed E-state index contributed by atoms with van der Waals surface area (Å²) in [5, 5.41) is 0. The molecule has 0 fully saturated rings. The van der Waals surface area contributed by atoms with Gasteiger partial charge in [-0.05, 0) is 24.2 Å². The maximum Gasteiger partial charge on any atom is 0.327 e. The summed E-state index contributed by atoms with van der Waals surface area (Å²) in [4.78, 5) is 21.7. The minimum atomic E-state index is -0.360. The van der Waals surface area contributed by atoms with E-state index in [1.807, 2.05) is 24.6 Å². The normalized spacial score (nSPS) is 10.5. The van der Waals surface area contributed by atoms with E-state index in [1.165, 1.54) is 5.56 Å². The lowest BCUT2D eigenvalue weighted by Gasteiger charge is -2.19. The molecule has 0 atom stereocenters. The van der Waals surface area contributed by atoms with Gasteiger partial charge in [0.25, 0.3) is 0 Å². The van der Waals surface area contributed by atoms with Gasteiger partial charge in [0.15, 0.2) is 0 Å². The first-order valence-corrected chi connectivity index (χ1v) is 5.52. The molecular weight excluding hydrogens is 220 g/mol. The molecule has 17 heavy (non-hydrogen) atoms. The molecule has 0 aromatic carbocycles. The van der Waals surface area contributed by atoms with Gasteiger partial charge in [0.1, 0.15) is 0 Å². The van der Waals surface area contributed by atoms with Crippen LogP contribution in [0.3, 0.4) is 0 Å². The van der Waals surface area contributed by atoms with Crippen LogP contribution in [0.1, 0.15) is 18.9 Å². The van der Waals surface area contributed by atoms with Gasteiger partial charge in [-0.2, -0.15) is 0 Å². The van der Waals surface area contributed by atoms with Gasteiger partial charge in [-0.3, -0.25) is 14.7 Å². The Kier molecular flexibility index (Phi) is 6.16. The zero-order valence-corrected chi connectivity index (χ0v) is 9.93. The van der Waals surface area contributed by atoms with Crippen molar-refractivity contribution in [3.63, 3.8) is 0 Å². The Morgan fingerprint density at radius 2 is 2.24 bits per heavy atom. The molecule has 0 aliphatic heterocycles. The summed E-state index contributed by atoms with van der Waals surface area (Å²) in [6.45, 7) is 4.35. The number of hydrogen-bond acceptors (Lipinski definition) is 6. The largest absolute Gasteiger partial charge is 0.356 e. The second-order valence-corrected chi connectivity index (χ2v) is 3.57. The standard InChI is InChI=1S/C11H18N4O2/c1-2-15(8-5-11(16)17-14-12)9-10-3-6-13-7-4-10/h3-4,6-7,14H,2,5,8-9,12H2,1H3. The molecule has 0 amide bonds. The van der Waals surface area contributed by atoms with Crippen LogP contribution in [0.25, 0.3) is 0 Å². The minimum absolute atomic E-state index is 0.309. The molecular formula is C11H18N4O2. The van der Waals surface area contributed by atoms with Crippen LogP contribution in [0.4, 0.5) is 0 Å². The van der Waals surface area contributed by atoms with Crippen molar-refractivity contribution in [2.24, 2.45) is 5.84 Å². The van der Waals surface area contributed by atoms with Crippen molar-refractivity contribution >= 4 is 5.97 Å². The molecule has 6 nitrogen and oxygen atoms in total. The number of carbonyl (C=O) groups is 1. The van der Waals surface area contributed by atoms with Gasteiger partial charge in [0.05, 0.1) is 6.42 Å². The van der Waals surface area contributed by atoms with Crippen molar-refractivity contribution in [2.45, 2.75) is 19.9 Å². The number of nitrogens with one attached hydrogen (secondary N) is 1. The first kappa shape index (κ1) is 13.6. The van der Waals surface area contributed by atoms with E-state index in [9.17, 15) is 4.79 Å². The number of nitrogens with zero attached hydrogens (tertiary/aromatic N) is 2. The van der Waals surface area contributed by atoms with E-state index in [1.54, 1.807) is 12.4 Å². The molecule has 0 aliphatic carbocycles. The van der Waals surface area contributed by atoms with Crippen molar-refractivity contribution in [1.82, 2.24) is 15.5 Å². The molecule has 1 rings (SSSR count). The Balaban J connectivity index is 2.36. The molecule has 0 spiro atoms. The molecule has 1 aromatic heterocycles. The molecule has 0 unspecified atom stereocenters. The molecule has 0 radical (unpaired) electrons. The van der Waals surface area contributed by atoms with Gasteiger partial charge in [-0.15, -0.1) is 0 Å². The van der Waals surface area contributed by atoms with Crippen LogP contribution in [0.2, 0.25) is 0 Å². The number of pyridine rings is 1. The summed E-state index contributed by atoms with van der Waals surface area (Å²) in [5.74, 6) is 4.52. The minimum Gasteiger partial charge on any atom is -0.356 e. The predicted molar refractivity (Wildman–Crippen MR) is 63.2 cm³/mol. The van der Waals surface area contributed by atoms with E-state index in [0.29, 0.717) is 13.0 Å². The highest BCUT2D eigenvalue weighted by molar-refractivity contribution is 5.69. The Morgan fingerprint density at radius 3 is 2.82 bits per heavy atom. The van der Waals surface area contributed by atoms with E-state index >= 15 is 0 Å². The highest BCUT2D eigenvalue weighted by atomic mass is 16.7. The van der Waals surface area contributed by atoms with Crippen molar-refractivity contribution < 1.29 is 9.63 Å². The van der Waals surface area contributed by atoms with Crippen LogP contribution in [-0.4, -0.2) is 28.9 Å². The Labute approximate surface area is 101 Å². The molecule has 0 aliphatic rings. The Bertz CT molecular complexity index is 332. The third kappa shape index (κ3) is 5.39. The van der Waals surface area contributed by atoms with Gasteiger partial charge >= 0.3 is 5.97 Å². The predicted octanol–water partition coefficient (Wildman–Crippen LogP) is 0.215. The summed E-state index contributed by atoms with van der Waals surface area (Å²) >= 11 is 0. The lowest BCUT2D eigenvalue weighted by Crippen LogP contribution is -2.30. The van der Waals surface area contributed by atoms with E-state index < -0.39 is 0 Å². The van der Waals surface area contributed by atoms with Crippen LogP contribution >= 0.6 is 0 Å². The average molecular weight is 238 g/mol. The number of aromatic nitrogens is 1.